The Morgan fingerprint density at radius 1 is 1.42 bits per heavy atom. The number of carbonyl (C=O) groups is 1. The van der Waals surface area contributed by atoms with E-state index in [1.54, 1.807) is 12.1 Å². The summed E-state index contributed by atoms with van der Waals surface area (Å²) in [6.07, 6.45) is 1.88. The standard InChI is InChI=1S/C18H23N3O3/c1-18(2,3)16-13(9-19-20-16)11-21-7-8-24-15-12(10-21)5-4-6-14(15)17(22)23/h4-6,9H,7-8,10-11H2,1-3H3,(H,19,20)(H,22,23). The van der Waals surface area contributed by atoms with Gasteiger partial charge in [0.05, 0.1) is 6.20 Å². The van der Waals surface area contributed by atoms with Gasteiger partial charge in [-0.05, 0) is 6.07 Å². The number of fused-ring (bicyclic) bond motifs is 1. The summed E-state index contributed by atoms with van der Waals surface area (Å²) in [6.45, 7) is 9.09. The Labute approximate surface area is 141 Å². The van der Waals surface area contributed by atoms with Gasteiger partial charge < -0.3 is 9.84 Å². The topological polar surface area (TPSA) is 78.5 Å². The molecular weight excluding hydrogens is 306 g/mol. The summed E-state index contributed by atoms with van der Waals surface area (Å²) < 4.78 is 5.74. The highest BCUT2D eigenvalue weighted by Crippen LogP contribution is 2.29. The van der Waals surface area contributed by atoms with E-state index in [9.17, 15) is 9.90 Å². The molecule has 1 aromatic heterocycles. The van der Waals surface area contributed by atoms with E-state index in [-0.39, 0.29) is 11.0 Å². The lowest BCUT2D eigenvalue weighted by atomic mass is 9.89. The molecule has 0 saturated heterocycles. The number of aromatic carboxylic acids is 1. The summed E-state index contributed by atoms with van der Waals surface area (Å²) in [5, 5.41) is 16.6. The number of aromatic amines is 1. The van der Waals surface area contributed by atoms with Crippen LogP contribution >= 0.6 is 0 Å². The van der Waals surface area contributed by atoms with Crippen molar-refractivity contribution < 1.29 is 14.6 Å². The zero-order chi connectivity index (χ0) is 17.3. The lowest BCUT2D eigenvalue weighted by Crippen LogP contribution is -2.26. The number of benzene rings is 1. The van der Waals surface area contributed by atoms with Gasteiger partial charge in [-0.2, -0.15) is 5.10 Å². The zero-order valence-electron chi connectivity index (χ0n) is 14.3. The fraction of sp³-hybridized carbons (Fsp3) is 0.444. The van der Waals surface area contributed by atoms with E-state index in [2.05, 4.69) is 35.9 Å². The number of ether oxygens (including phenoxy) is 1. The van der Waals surface area contributed by atoms with Crippen LogP contribution in [0.15, 0.2) is 24.4 Å². The molecule has 0 amide bonds. The van der Waals surface area contributed by atoms with Crippen LogP contribution in [0.3, 0.4) is 0 Å². The van der Waals surface area contributed by atoms with Crippen molar-refractivity contribution in [2.45, 2.75) is 39.3 Å². The predicted molar refractivity (Wildman–Crippen MR) is 90.3 cm³/mol. The highest BCUT2D eigenvalue weighted by molar-refractivity contribution is 5.91. The molecule has 0 radical (unpaired) electrons. The first-order valence-corrected chi connectivity index (χ1v) is 8.09. The van der Waals surface area contributed by atoms with Gasteiger partial charge in [-0.3, -0.25) is 10.00 Å². The van der Waals surface area contributed by atoms with E-state index in [4.69, 9.17) is 4.74 Å². The highest BCUT2D eigenvalue weighted by atomic mass is 16.5. The Kier molecular flexibility index (Phi) is 4.32. The monoisotopic (exact) mass is 329 g/mol. The zero-order valence-corrected chi connectivity index (χ0v) is 14.3. The Morgan fingerprint density at radius 2 is 2.21 bits per heavy atom. The third-order valence-corrected chi connectivity index (χ3v) is 4.24. The molecule has 3 rings (SSSR count). The van der Waals surface area contributed by atoms with Crippen LogP contribution in [0.4, 0.5) is 0 Å². The number of aromatic nitrogens is 2. The molecule has 6 heteroatoms. The Bertz CT molecular complexity index is 746. The molecule has 0 aliphatic carbocycles. The van der Waals surface area contributed by atoms with Crippen molar-refractivity contribution in [3.05, 3.63) is 46.8 Å². The number of H-pyrrole nitrogens is 1. The number of nitrogens with zero attached hydrogens (tertiary/aromatic N) is 2. The Morgan fingerprint density at radius 3 is 2.92 bits per heavy atom. The van der Waals surface area contributed by atoms with Gasteiger partial charge in [-0.25, -0.2) is 4.79 Å². The number of rotatable bonds is 3. The number of hydrogen-bond donors (Lipinski definition) is 2. The third kappa shape index (κ3) is 3.28. The normalized spacial score (nSPS) is 15.5. The number of hydrogen-bond acceptors (Lipinski definition) is 4. The minimum atomic E-state index is -0.954. The molecule has 0 bridgehead atoms. The average molecular weight is 329 g/mol. The minimum Gasteiger partial charge on any atom is -0.491 e. The first-order chi connectivity index (χ1) is 11.4. The van der Waals surface area contributed by atoms with Crippen molar-refractivity contribution >= 4 is 5.97 Å². The summed E-state index contributed by atoms with van der Waals surface area (Å²) in [4.78, 5) is 13.6. The molecule has 1 aromatic carbocycles. The first kappa shape index (κ1) is 16.5. The van der Waals surface area contributed by atoms with Crippen LogP contribution in [0.25, 0.3) is 0 Å². The van der Waals surface area contributed by atoms with Gasteiger partial charge in [-0.1, -0.05) is 32.9 Å². The van der Waals surface area contributed by atoms with Crippen molar-refractivity contribution in [3.63, 3.8) is 0 Å². The Balaban J connectivity index is 1.84. The van der Waals surface area contributed by atoms with Gasteiger partial charge >= 0.3 is 5.97 Å². The van der Waals surface area contributed by atoms with Gasteiger partial charge in [0.1, 0.15) is 17.9 Å². The van der Waals surface area contributed by atoms with Gasteiger partial charge in [-0.15, -0.1) is 0 Å². The fourth-order valence-electron chi connectivity index (χ4n) is 3.10. The van der Waals surface area contributed by atoms with E-state index in [0.29, 0.717) is 18.9 Å². The lowest BCUT2D eigenvalue weighted by molar-refractivity contribution is 0.0692. The minimum absolute atomic E-state index is 0.00255. The SMILES string of the molecule is CC(C)(C)c1[nH]ncc1CN1CCOc2c(cccc2C(=O)O)C1. The second-order valence-electron chi connectivity index (χ2n) is 7.18. The third-order valence-electron chi connectivity index (χ3n) is 4.24. The van der Waals surface area contributed by atoms with E-state index >= 15 is 0 Å². The van der Waals surface area contributed by atoms with Gasteiger partial charge in [0.15, 0.2) is 0 Å². The van der Waals surface area contributed by atoms with E-state index in [0.717, 1.165) is 24.3 Å². The lowest BCUT2D eigenvalue weighted by Gasteiger charge is -2.23. The van der Waals surface area contributed by atoms with Crippen molar-refractivity contribution in [1.29, 1.82) is 0 Å². The molecule has 0 unspecified atom stereocenters. The summed E-state index contributed by atoms with van der Waals surface area (Å²) >= 11 is 0. The molecule has 128 valence electrons. The maximum absolute atomic E-state index is 11.4. The molecule has 0 atom stereocenters. The summed E-state index contributed by atoms with van der Waals surface area (Å²) in [7, 11) is 0. The number of nitrogens with one attached hydrogen (secondary N) is 1. The first-order valence-electron chi connectivity index (χ1n) is 8.09. The maximum Gasteiger partial charge on any atom is 0.339 e. The van der Waals surface area contributed by atoms with Crippen molar-refractivity contribution in [2.24, 2.45) is 0 Å². The molecule has 0 fully saturated rings. The second-order valence-corrected chi connectivity index (χ2v) is 7.18. The molecule has 2 aromatic rings. The molecule has 6 nitrogen and oxygen atoms in total. The number of carboxylic acids is 1. The summed E-state index contributed by atoms with van der Waals surface area (Å²) in [6, 6.07) is 5.29. The van der Waals surface area contributed by atoms with Crippen LogP contribution in [-0.4, -0.2) is 39.3 Å². The van der Waals surface area contributed by atoms with Crippen LogP contribution in [0.5, 0.6) is 5.75 Å². The van der Waals surface area contributed by atoms with Crippen LogP contribution in [0, 0.1) is 0 Å². The molecule has 0 spiro atoms. The summed E-state index contributed by atoms with van der Waals surface area (Å²) in [5.74, 6) is -0.458. The van der Waals surface area contributed by atoms with Crippen LogP contribution in [0.1, 0.15) is 48.0 Å². The van der Waals surface area contributed by atoms with Crippen molar-refractivity contribution in [2.75, 3.05) is 13.2 Å². The van der Waals surface area contributed by atoms with Crippen molar-refractivity contribution in [3.8, 4) is 5.75 Å². The highest BCUT2D eigenvalue weighted by Gasteiger charge is 2.24. The van der Waals surface area contributed by atoms with Crippen LogP contribution in [0.2, 0.25) is 0 Å². The molecule has 1 aliphatic rings. The Hall–Kier alpha value is -2.34. The van der Waals surface area contributed by atoms with E-state index in [1.165, 1.54) is 5.56 Å². The molecular formula is C18H23N3O3. The molecule has 24 heavy (non-hydrogen) atoms. The van der Waals surface area contributed by atoms with Crippen LogP contribution in [-0.2, 0) is 18.5 Å². The quantitative estimate of drug-likeness (QED) is 0.905. The molecule has 1 aliphatic heterocycles. The molecule has 2 heterocycles. The smallest absolute Gasteiger partial charge is 0.339 e. The average Bonchev–Trinajstić information content (AvgIpc) is 2.87. The number of carboxylic acid groups (broad SMARTS) is 1. The predicted octanol–water partition coefficient (Wildman–Crippen LogP) is 2.80. The van der Waals surface area contributed by atoms with Crippen LogP contribution < -0.4 is 4.74 Å². The number of para-hydroxylation sites is 1. The van der Waals surface area contributed by atoms with E-state index in [1.807, 2.05) is 12.3 Å². The largest absolute Gasteiger partial charge is 0.491 e. The maximum atomic E-state index is 11.4. The van der Waals surface area contributed by atoms with Gasteiger partial charge in [0, 0.05) is 41.9 Å². The van der Waals surface area contributed by atoms with E-state index < -0.39 is 5.97 Å². The van der Waals surface area contributed by atoms with Gasteiger partial charge in [0.25, 0.3) is 0 Å². The summed E-state index contributed by atoms with van der Waals surface area (Å²) in [5.41, 5.74) is 3.44. The van der Waals surface area contributed by atoms with Gasteiger partial charge in [0.2, 0.25) is 0 Å². The molecule has 0 saturated carbocycles. The molecule has 2 N–H and O–H groups in total. The second kappa shape index (κ2) is 6.28. The fourth-order valence-corrected chi connectivity index (χ4v) is 3.10. The van der Waals surface area contributed by atoms with Crippen molar-refractivity contribution in [1.82, 2.24) is 15.1 Å².